The van der Waals surface area contributed by atoms with Crippen LogP contribution in [0.5, 0.6) is 5.75 Å². The van der Waals surface area contributed by atoms with Crippen molar-refractivity contribution in [2.24, 2.45) is 0 Å². The molecule has 0 radical (unpaired) electrons. The van der Waals surface area contributed by atoms with E-state index in [1.807, 2.05) is 31.2 Å². The number of ether oxygens (including phenoxy) is 1. The highest BCUT2D eigenvalue weighted by molar-refractivity contribution is 7.22. The minimum Gasteiger partial charge on any atom is -0.483 e. The van der Waals surface area contributed by atoms with Crippen LogP contribution in [-0.2, 0) is 11.3 Å². The average Bonchev–Trinajstić information content (AvgIpc) is 3.16. The molecule has 0 bridgehead atoms. The third kappa shape index (κ3) is 4.28. The summed E-state index contributed by atoms with van der Waals surface area (Å²) in [6.07, 6.45) is 3.27. The van der Waals surface area contributed by atoms with Crippen molar-refractivity contribution in [2.75, 3.05) is 11.5 Å². The van der Waals surface area contributed by atoms with Crippen molar-refractivity contribution >= 4 is 32.6 Å². The SMILES string of the molecule is Cc1ccccc1OCC(=O)N(Cc1cccnc1)c1nc2c(F)cc(F)cc2s1. The van der Waals surface area contributed by atoms with Crippen LogP contribution in [0.2, 0.25) is 0 Å². The number of hydrogen-bond acceptors (Lipinski definition) is 5. The first-order valence-corrected chi connectivity index (χ1v) is 9.96. The predicted octanol–water partition coefficient (Wildman–Crippen LogP) is 4.89. The molecule has 5 nitrogen and oxygen atoms in total. The zero-order chi connectivity index (χ0) is 21.1. The Kier molecular flexibility index (Phi) is 5.67. The van der Waals surface area contributed by atoms with Crippen LogP contribution in [0.1, 0.15) is 11.1 Å². The number of halogens is 2. The maximum Gasteiger partial charge on any atom is 0.267 e. The number of benzene rings is 2. The third-order valence-electron chi connectivity index (χ3n) is 4.44. The van der Waals surface area contributed by atoms with E-state index in [0.29, 0.717) is 10.4 Å². The van der Waals surface area contributed by atoms with Gasteiger partial charge in [0.1, 0.15) is 17.1 Å². The van der Waals surface area contributed by atoms with Gasteiger partial charge in [-0.2, -0.15) is 0 Å². The molecule has 30 heavy (non-hydrogen) atoms. The summed E-state index contributed by atoms with van der Waals surface area (Å²) in [5.41, 5.74) is 1.70. The number of carbonyl (C=O) groups is 1. The molecule has 0 saturated heterocycles. The number of para-hydroxylation sites is 1. The summed E-state index contributed by atoms with van der Waals surface area (Å²) in [5.74, 6) is -1.22. The van der Waals surface area contributed by atoms with Gasteiger partial charge in [0.15, 0.2) is 17.6 Å². The van der Waals surface area contributed by atoms with Crippen LogP contribution in [0.3, 0.4) is 0 Å². The smallest absolute Gasteiger partial charge is 0.267 e. The second-order valence-electron chi connectivity index (χ2n) is 6.63. The van der Waals surface area contributed by atoms with Gasteiger partial charge in [-0.3, -0.25) is 14.7 Å². The Morgan fingerprint density at radius 2 is 2.00 bits per heavy atom. The van der Waals surface area contributed by atoms with E-state index in [1.165, 1.54) is 11.0 Å². The van der Waals surface area contributed by atoms with Crippen LogP contribution in [0, 0.1) is 18.6 Å². The number of fused-ring (bicyclic) bond motifs is 1. The Morgan fingerprint density at radius 1 is 1.17 bits per heavy atom. The molecule has 4 rings (SSSR count). The maximum atomic E-state index is 14.1. The normalized spacial score (nSPS) is 10.9. The lowest BCUT2D eigenvalue weighted by Gasteiger charge is -2.20. The van der Waals surface area contributed by atoms with Gasteiger partial charge in [-0.1, -0.05) is 35.6 Å². The van der Waals surface area contributed by atoms with E-state index < -0.39 is 11.6 Å². The predicted molar refractivity (Wildman–Crippen MR) is 112 cm³/mol. The number of aryl methyl sites for hydroxylation is 1. The molecule has 1 amide bonds. The minimum absolute atomic E-state index is 0.0280. The molecule has 2 aromatic carbocycles. The number of rotatable bonds is 6. The highest BCUT2D eigenvalue weighted by Gasteiger charge is 2.22. The van der Waals surface area contributed by atoms with Gasteiger partial charge >= 0.3 is 0 Å². The second kappa shape index (κ2) is 8.54. The van der Waals surface area contributed by atoms with Gasteiger partial charge < -0.3 is 4.74 Å². The summed E-state index contributed by atoms with van der Waals surface area (Å²) in [4.78, 5) is 22.8. The van der Waals surface area contributed by atoms with Gasteiger partial charge in [0, 0.05) is 18.5 Å². The summed E-state index contributed by atoms with van der Waals surface area (Å²) in [6, 6.07) is 12.9. The van der Waals surface area contributed by atoms with Crippen LogP contribution in [0.15, 0.2) is 60.9 Å². The van der Waals surface area contributed by atoms with Crippen molar-refractivity contribution < 1.29 is 18.3 Å². The Balaban J connectivity index is 1.65. The molecule has 0 N–H and O–H groups in total. The van der Waals surface area contributed by atoms with E-state index in [0.717, 1.165) is 28.5 Å². The molecule has 0 aliphatic heterocycles. The van der Waals surface area contributed by atoms with E-state index in [1.54, 1.807) is 24.5 Å². The lowest BCUT2D eigenvalue weighted by molar-refractivity contribution is -0.120. The number of thiazole rings is 1. The van der Waals surface area contributed by atoms with E-state index >= 15 is 0 Å². The molecule has 0 saturated carbocycles. The molecular weight excluding hydrogens is 408 g/mol. The van der Waals surface area contributed by atoms with Crippen molar-refractivity contribution in [1.29, 1.82) is 0 Å². The lowest BCUT2D eigenvalue weighted by atomic mass is 10.2. The molecule has 0 spiro atoms. The first-order chi connectivity index (χ1) is 14.5. The number of pyridine rings is 1. The van der Waals surface area contributed by atoms with Crippen molar-refractivity contribution in [3.05, 3.63) is 83.7 Å². The van der Waals surface area contributed by atoms with Gasteiger partial charge in [-0.25, -0.2) is 13.8 Å². The standard InChI is InChI=1S/C22H17F2N3O2S/c1-14-5-2-3-7-18(14)29-13-20(28)27(12-15-6-4-8-25-11-15)22-26-21-17(24)9-16(23)10-19(21)30-22/h2-11H,12-13H2,1H3. The molecule has 8 heteroatoms. The molecule has 152 valence electrons. The maximum absolute atomic E-state index is 14.1. The summed E-state index contributed by atoms with van der Waals surface area (Å²) < 4.78 is 33.7. The van der Waals surface area contributed by atoms with Crippen molar-refractivity contribution in [2.45, 2.75) is 13.5 Å². The van der Waals surface area contributed by atoms with Crippen LogP contribution >= 0.6 is 11.3 Å². The lowest BCUT2D eigenvalue weighted by Crippen LogP contribution is -2.34. The van der Waals surface area contributed by atoms with Crippen LogP contribution in [-0.4, -0.2) is 22.5 Å². The van der Waals surface area contributed by atoms with Gasteiger partial charge in [0.2, 0.25) is 0 Å². The van der Waals surface area contributed by atoms with E-state index in [2.05, 4.69) is 9.97 Å². The molecular formula is C22H17F2N3O2S. The largest absolute Gasteiger partial charge is 0.483 e. The summed E-state index contributed by atoms with van der Waals surface area (Å²) in [6.45, 7) is 1.84. The molecule has 0 atom stereocenters. The zero-order valence-electron chi connectivity index (χ0n) is 16.0. The molecule has 4 aromatic rings. The molecule has 0 aliphatic carbocycles. The highest BCUT2D eigenvalue weighted by Crippen LogP contribution is 2.32. The fourth-order valence-corrected chi connectivity index (χ4v) is 3.95. The van der Waals surface area contributed by atoms with Crippen LogP contribution in [0.25, 0.3) is 10.2 Å². The monoisotopic (exact) mass is 425 g/mol. The highest BCUT2D eigenvalue weighted by atomic mass is 32.1. The number of anilines is 1. The van der Waals surface area contributed by atoms with Crippen molar-refractivity contribution in [3.8, 4) is 5.75 Å². The van der Waals surface area contributed by atoms with E-state index in [9.17, 15) is 13.6 Å². The molecule has 0 unspecified atom stereocenters. The summed E-state index contributed by atoms with van der Waals surface area (Å²) in [7, 11) is 0. The van der Waals surface area contributed by atoms with E-state index in [-0.39, 0.29) is 29.7 Å². The number of aromatic nitrogens is 2. The topological polar surface area (TPSA) is 55.3 Å². The van der Waals surface area contributed by atoms with Gasteiger partial charge in [0.25, 0.3) is 5.91 Å². The second-order valence-corrected chi connectivity index (χ2v) is 7.64. The number of hydrogen-bond donors (Lipinski definition) is 0. The summed E-state index contributed by atoms with van der Waals surface area (Å²) >= 11 is 1.04. The zero-order valence-corrected chi connectivity index (χ0v) is 16.8. The Bertz CT molecular complexity index is 1200. The third-order valence-corrected chi connectivity index (χ3v) is 5.47. The number of nitrogens with zero attached hydrogens (tertiary/aromatic N) is 3. The quantitative estimate of drug-likeness (QED) is 0.441. The average molecular weight is 425 g/mol. The summed E-state index contributed by atoms with van der Waals surface area (Å²) in [5, 5.41) is 0.261. The molecule has 0 fully saturated rings. The Hall–Kier alpha value is -3.39. The van der Waals surface area contributed by atoms with Crippen LogP contribution in [0.4, 0.5) is 13.9 Å². The minimum atomic E-state index is -0.766. The first-order valence-electron chi connectivity index (χ1n) is 9.14. The number of amides is 1. The van der Waals surface area contributed by atoms with Crippen LogP contribution < -0.4 is 9.64 Å². The fourth-order valence-electron chi connectivity index (χ4n) is 2.93. The molecule has 0 aliphatic rings. The first kappa shape index (κ1) is 19.9. The number of carbonyl (C=O) groups excluding carboxylic acids is 1. The van der Waals surface area contributed by atoms with Gasteiger partial charge in [0.05, 0.1) is 11.2 Å². The van der Waals surface area contributed by atoms with E-state index in [4.69, 9.17) is 4.74 Å². The Labute approximate surface area is 175 Å². The fraction of sp³-hybridized carbons (Fsp3) is 0.136. The van der Waals surface area contributed by atoms with Gasteiger partial charge in [-0.05, 0) is 36.2 Å². The Morgan fingerprint density at radius 3 is 2.77 bits per heavy atom. The van der Waals surface area contributed by atoms with Crippen molar-refractivity contribution in [1.82, 2.24) is 9.97 Å². The van der Waals surface area contributed by atoms with Crippen molar-refractivity contribution in [3.63, 3.8) is 0 Å². The molecule has 2 aromatic heterocycles. The molecule has 2 heterocycles. The van der Waals surface area contributed by atoms with Gasteiger partial charge in [-0.15, -0.1) is 0 Å².